The van der Waals surface area contributed by atoms with Crippen LogP contribution in [0, 0.1) is 0 Å². The predicted molar refractivity (Wildman–Crippen MR) is 127 cm³/mol. The second-order valence-corrected chi connectivity index (χ2v) is 7.09. The molecule has 3 aromatic carbocycles. The molecular formula is C26H24N2O5. The molecule has 0 bridgehead atoms. The Bertz CT molecular complexity index is 1150. The van der Waals surface area contributed by atoms with Gasteiger partial charge in [-0.2, -0.15) is 0 Å². The zero-order valence-corrected chi connectivity index (χ0v) is 18.3. The van der Waals surface area contributed by atoms with Crippen molar-refractivity contribution in [2.75, 3.05) is 19.0 Å². The smallest absolute Gasteiger partial charge is 0.262 e. The summed E-state index contributed by atoms with van der Waals surface area (Å²) in [4.78, 5) is 24.5. The van der Waals surface area contributed by atoms with Gasteiger partial charge in [-0.25, -0.2) is 0 Å². The first kappa shape index (κ1) is 23.3. The SMILES string of the molecule is COc1ccc(/C=C/C(=O)c2ccc(NC(=O)COc3ccc(/C(C)=N\O)cc3)cc2)cc1. The molecule has 0 aliphatic heterocycles. The van der Waals surface area contributed by atoms with E-state index in [1.165, 1.54) is 6.08 Å². The summed E-state index contributed by atoms with van der Waals surface area (Å²) in [5, 5.41) is 14.7. The number of hydrogen-bond donors (Lipinski definition) is 2. The molecule has 0 aliphatic carbocycles. The van der Waals surface area contributed by atoms with Crippen LogP contribution in [0.1, 0.15) is 28.4 Å². The zero-order valence-electron chi connectivity index (χ0n) is 18.3. The summed E-state index contributed by atoms with van der Waals surface area (Å²) in [5.41, 5.74) is 3.19. The minimum absolute atomic E-state index is 0.142. The van der Waals surface area contributed by atoms with E-state index in [2.05, 4.69) is 10.5 Å². The minimum Gasteiger partial charge on any atom is -0.497 e. The van der Waals surface area contributed by atoms with Gasteiger partial charge in [0.15, 0.2) is 12.4 Å². The van der Waals surface area contributed by atoms with Gasteiger partial charge in [-0.15, -0.1) is 0 Å². The molecule has 0 spiro atoms. The van der Waals surface area contributed by atoms with E-state index in [0.29, 0.717) is 22.7 Å². The lowest BCUT2D eigenvalue weighted by Gasteiger charge is -2.08. The summed E-state index contributed by atoms with van der Waals surface area (Å²) in [6.07, 6.45) is 3.24. The fourth-order valence-corrected chi connectivity index (χ4v) is 2.90. The van der Waals surface area contributed by atoms with Crippen molar-refractivity contribution in [3.05, 3.63) is 95.6 Å². The summed E-state index contributed by atoms with van der Waals surface area (Å²) in [6.45, 7) is 1.51. The molecule has 0 saturated carbocycles. The van der Waals surface area contributed by atoms with Crippen molar-refractivity contribution in [2.24, 2.45) is 5.16 Å². The van der Waals surface area contributed by atoms with Crippen molar-refractivity contribution < 1.29 is 24.3 Å². The molecule has 0 unspecified atom stereocenters. The number of nitrogens with one attached hydrogen (secondary N) is 1. The third-order valence-corrected chi connectivity index (χ3v) is 4.79. The Balaban J connectivity index is 1.50. The van der Waals surface area contributed by atoms with Crippen LogP contribution in [0.4, 0.5) is 5.69 Å². The molecule has 0 aliphatic rings. The van der Waals surface area contributed by atoms with Gasteiger partial charge in [0.25, 0.3) is 5.91 Å². The Labute approximate surface area is 192 Å². The van der Waals surface area contributed by atoms with Gasteiger partial charge in [-0.3, -0.25) is 9.59 Å². The molecule has 0 heterocycles. The summed E-state index contributed by atoms with van der Waals surface area (Å²) in [6, 6.07) is 20.9. The number of ether oxygens (including phenoxy) is 2. The number of rotatable bonds is 9. The standard InChI is InChI=1S/C26H24N2O5/c1-18(28-31)20-8-14-24(15-9-20)33-17-26(30)27-22-10-6-21(7-11-22)25(29)16-5-19-3-12-23(32-2)13-4-19/h3-16,31H,17H2,1-2H3,(H,27,30)/b16-5+,28-18-. The van der Waals surface area contributed by atoms with Gasteiger partial charge < -0.3 is 20.0 Å². The highest BCUT2D eigenvalue weighted by atomic mass is 16.5. The largest absolute Gasteiger partial charge is 0.497 e. The Morgan fingerprint density at radius 2 is 1.52 bits per heavy atom. The van der Waals surface area contributed by atoms with E-state index >= 15 is 0 Å². The van der Waals surface area contributed by atoms with Crippen LogP contribution < -0.4 is 14.8 Å². The number of oxime groups is 1. The first-order valence-corrected chi connectivity index (χ1v) is 10.2. The lowest BCUT2D eigenvalue weighted by molar-refractivity contribution is -0.118. The molecule has 1 amide bonds. The second-order valence-electron chi connectivity index (χ2n) is 7.09. The molecule has 3 aromatic rings. The fourth-order valence-electron chi connectivity index (χ4n) is 2.90. The lowest BCUT2D eigenvalue weighted by atomic mass is 10.1. The number of benzene rings is 3. The van der Waals surface area contributed by atoms with Gasteiger partial charge in [0.2, 0.25) is 0 Å². The minimum atomic E-state index is -0.328. The van der Waals surface area contributed by atoms with Gasteiger partial charge in [-0.1, -0.05) is 23.4 Å². The number of ketones is 1. The van der Waals surface area contributed by atoms with Crippen LogP contribution in [0.15, 0.2) is 84.0 Å². The monoisotopic (exact) mass is 444 g/mol. The van der Waals surface area contributed by atoms with Crippen molar-refractivity contribution in [3.63, 3.8) is 0 Å². The van der Waals surface area contributed by atoms with Crippen LogP contribution in [0.3, 0.4) is 0 Å². The van der Waals surface area contributed by atoms with Gasteiger partial charge in [0.05, 0.1) is 12.8 Å². The van der Waals surface area contributed by atoms with E-state index in [1.807, 2.05) is 24.3 Å². The molecule has 168 valence electrons. The number of anilines is 1. The van der Waals surface area contributed by atoms with Gasteiger partial charge in [0.1, 0.15) is 11.5 Å². The van der Waals surface area contributed by atoms with Crippen LogP contribution >= 0.6 is 0 Å². The molecule has 3 rings (SSSR count). The molecule has 33 heavy (non-hydrogen) atoms. The summed E-state index contributed by atoms with van der Waals surface area (Å²) in [5.74, 6) is 0.800. The Kier molecular flexibility index (Phi) is 7.96. The van der Waals surface area contributed by atoms with Gasteiger partial charge >= 0.3 is 0 Å². The van der Waals surface area contributed by atoms with Crippen LogP contribution in [0.25, 0.3) is 6.08 Å². The number of carbonyl (C=O) groups is 2. The van der Waals surface area contributed by atoms with E-state index in [9.17, 15) is 9.59 Å². The topological polar surface area (TPSA) is 97.2 Å². The number of nitrogens with zero attached hydrogens (tertiary/aromatic N) is 1. The predicted octanol–water partition coefficient (Wildman–Crippen LogP) is 4.81. The van der Waals surface area contributed by atoms with Crippen molar-refractivity contribution in [1.29, 1.82) is 0 Å². The highest BCUT2D eigenvalue weighted by molar-refractivity contribution is 6.07. The van der Waals surface area contributed by atoms with Crippen molar-refractivity contribution >= 4 is 29.2 Å². The molecule has 0 saturated heterocycles. The van der Waals surface area contributed by atoms with E-state index in [-0.39, 0.29) is 18.3 Å². The molecule has 0 radical (unpaired) electrons. The molecule has 7 nitrogen and oxygen atoms in total. The average molecular weight is 444 g/mol. The van der Waals surface area contributed by atoms with E-state index in [0.717, 1.165) is 16.9 Å². The number of hydrogen-bond acceptors (Lipinski definition) is 6. The Morgan fingerprint density at radius 1 is 0.909 bits per heavy atom. The Hall–Kier alpha value is -4.39. The third-order valence-electron chi connectivity index (χ3n) is 4.79. The summed E-state index contributed by atoms with van der Waals surface area (Å²) >= 11 is 0. The van der Waals surface area contributed by atoms with Gasteiger partial charge in [-0.05, 0) is 84.8 Å². The highest BCUT2D eigenvalue weighted by Gasteiger charge is 2.07. The van der Waals surface area contributed by atoms with Crippen LogP contribution in [-0.4, -0.2) is 36.3 Å². The maximum Gasteiger partial charge on any atom is 0.262 e. The van der Waals surface area contributed by atoms with Crippen molar-refractivity contribution in [1.82, 2.24) is 0 Å². The van der Waals surface area contributed by atoms with Crippen molar-refractivity contribution in [3.8, 4) is 11.5 Å². The quantitative estimate of drug-likeness (QED) is 0.162. The maximum absolute atomic E-state index is 12.4. The first-order valence-electron chi connectivity index (χ1n) is 10.2. The number of methoxy groups -OCH3 is 1. The van der Waals surface area contributed by atoms with Crippen LogP contribution in [0.5, 0.6) is 11.5 Å². The molecule has 7 heteroatoms. The summed E-state index contributed by atoms with van der Waals surface area (Å²) < 4.78 is 10.6. The number of allylic oxidation sites excluding steroid dienone is 1. The van der Waals surface area contributed by atoms with E-state index in [4.69, 9.17) is 14.7 Å². The lowest BCUT2D eigenvalue weighted by Crippen LogP contribution is -2.20. The van der Waals surface area contributed by atoms with Crippen molar-refractivity contribution in [2.45, 2.75) is 6.92 Å². The first-order chi connectivity index (χ1) is 16.0. The third kappa shape index (κ3) is 6.80. The average Bonchev–Trinajstić information content (AvgIpc) is 2.86. The molecular weight excluding hydrogens is 420 g/mol. The molecule has 0 atom stereocenters. The van der Waals surface area contributed by atoms with E-state index < -0.39 is 0 Å². The number of carbonyl (C=O) groups excluding carboxylic acids is 2. The second kappa shape index (κ2) is 11.3. The van der Waals surface area contributed by atoms with Crippen LogP contribution in [0.2, 0.25) is 0 Å². The molecule has 2 N–H and O–H groups in total. The van der Waals surface area contributed by atoms with Crippen LogP contribution in [-0.2, 0) is 4.79 Å². The fraction of sp³-hybridized carbons (Fsp3) is 0.115. The number of amides is 1. The molecule has 0 aromatic heterocycles. The Morgan fingerprint density at radius 3 is 2.12 bits per heavy atom. The normalized spacial score (nSPS) is 11.3. The van der Waals surface area contributed by atoms with E-state index in [1.54, 1.807) is 68.6 Å². The van der Waals surface area contributed by atoms with Gasteiger partial charge in [0, 0.05) is 11.3 Å². The maximum atomic E-state index is 12.4. The zero-order chi connectivity index (χ0) is 23.6. The summed E-state index contributed by atoms with van der Waals surface area (Å²) in [7, 11) is 1.60. The molecule has 0 fully saturated rings. The highest BCUT2D eigenvalue weighted by Crippen LogP contribution is 2.15.